The molecule has 0 fully saturated rings. The number of imidazole rings is 1. The molecule has 128 valence electrons. The van der Waals surface area contributed by atoms with E-state index < -0.39 is 7.14 Å². The van der Waals surface area contributed by atoms with E-state index in [2.05, 4.69) is 4.98 Å². The number of aromatic nitrogens is 2. The molecule has 26 heavy (non-hydrogen) atoms. The van der Waals surface area contributed by atoms with Crippen LogP contribution in [0.3, 0.4) is 0 Å². The Kier molecular flexibility index (Phi) is 4.32. The zero-order valence-corrected chi connectivity index (χ0v) is 15.4. The number of hydrogen-bond acceptors (Lipinski definition) is 2. The van der Waals surface area contributed by atoms with Gasteiger partial charge in [-0.05, 0) is 6.07 Å². The summed E-state index contributed by atoms with van der Waals surface area (Å²) in [5, 5.41) is 2.49. The largest absolute Gasteiger partial charge is 0.340 e. The number of nitrogens with zero attached hydrogens (tertiary/aromatic N) is 2. The van der Waals surface area contributed by atoms with Crippen molar-refractivity contribution in [3.8, 4) is 11.3 Å². The maximum absolute atomic E-state index is 14.4. The van der Waals surface area contributed by atoms with Gasteiger partial charge in [0.05, 0.1) is 12.0 Å². The highest BCUT2D eigenvalue weighted by molar-refractivity contribution is 7.85. The molecule has 0 spiro atoms. The first-order valence-electron chi connectivity index (χ1n) is 8.48. The smallest absolute Gasteiger partial charge is 0.171 e. The lowest BCUT2D eigenvalue weighted by Gasteiger charge is -2.20. The van der Waals surface area contributed by atoms with Crippen molar-refractivity contribution in [3.05, 3.63) is 97.5 Å². The van der Waals surface area contributed by atoms with Crippen molar-refractivity contribution in [2.24, 2.45) is 7.05 Å². The highest BCUT2D eigenvalue weighted by Gasteiger charge is 2.29. The fourth-order valence-corrected chi connectivity index (χ4v) is 5.84. The Morgan fingerprint density at radius 3 is 1.88 bits per heavy atom. The van der Waals surface area contributed by atoms with Crippen LogP contribution in [0.15, 0.2) is 97.5 Å². The molecule has 0 unspecified atom stereocenters. The van der Waals surface area contributed by atoms with Crippen LogP contribution in [-0.2, 0) is 11.6 Å². The molecule has 3 aromatic carbocycles. The maximum atomic E-state index is 14.4. The third-order valence-electron chi connectivity index (χ3n) is 4.45. The zero-order valence-electron chi connectivity index (χ0n) is 14.5. The molecule has 4 aromatic rings. The van der Waals surface area contributed by atoms with Crippen LogP contribution in [0.5, 0.6) is 0 Å². The van der Waals surface area contributed by atoms with Crippen LogP contribution in [-0.4, -0.2) is 9.55 Å². The van der Waals surface area contributed by atoms with E-state index in [1.807, 2.05) is 103 Å². The molecule has 0 aliphatic rings. The summed E-state index contributed by atoms with van der Waals surface area (Å²) in [5.41, 5.74) is 1.84. The second-order valence-electron chi connectivity index (χ2n) is 6.26. The Morgan fingerprint density at radius 2 is 1.35 bits per heavy atom. The molecule has 1 heterocycles. The number of benzene rings is 3. The van der Waals surface area contributed by atoms with Crippen molar-refractivity contribution in [1.29, 1.82) is 0 Å². The molecule has 0 N–H and O–H groups in total. The summed E-state index contributed by atoms with van der Waals surface area (Å²) >= 11 is 0. The van der Waals surface area contributed by atoms with E-state index in [-0.39, 0.29) is 0 Å². The maximum Gasteiger partial charge on any atom is 0.171 e. The summed E-state index contributed by atoms with van der Waals surface area (Å²) in [5.74, 6) is 0. The molecule has 0 amide bonds. The van der Waals surface area contributed by atoms with E-state index in [4.69, 9.17) is 0 Å². The Bertz CT molecular complexity index is 1030. The number of hydrogen-bond donors (Lipinski definition) is 0. The van der Waals surface area contributed by atoms with Gasteiger partial charge >= 0.3 is 0 Å². The second kappa shape index (κ2) is 6.78. The summed E-state index contributed by atoms with van der Waals surface area (Å²) in [6.07, 6.45) is 3.74. The monoisotopic (exact) mass is 358 g/mol. The third kappa shape index (κ3) is 2.91. The summed E-state index contributed by atoms with van der Waals surface area (Å²) in [6.45, 7) is 0. The van der Waals surface area contributed by atoms with Crippen LogP contribution < -0.4 is 15.9 Å². The average Bonchev–Trinajstić information content (AvgIpc) is 3.15. The fourth-order valence-electron chi connectivity index (χ4n) is 3.15. The SMILES string of the molecule is Cn1cnc(-c2cccc(P(=O)(c3ccccc3)c3ccccc3)c2)c1. The number of aryl methyl sites for hydroxylation is 1. The topological polar surface area (TPSA) is 34.9 Å². The minimum absolute atomic E-state index is 0.818. The van der Waals surface area contributed by atoms with E-state index in [1.165, 1.54) is 0 Å². The van der Waals surface area contributed by atoms with E-state index in [1.54, 1.807) is 6.33 Å². The highest BCUT2D eigenvalue weighted by atomic mass is 31.2. The zero-order chi connectivity index (χ0) is 18.0. The van der Waals surface area contributed by atoms with Gasteiger partial charge in [-0.2, -0.15) is 0 Å². The van der Waals surface area contributed by atoms with Gasteiger partial charge < -0.3 is 9.13 Å². The van der Waals surface area contributed by atoms with Crippen LogP contribution in [0, 0.1) is 0 Å². The summed E-state index contributed by atoms with van der Waals surface area (Å²) in [6, 6.07) is 27.3. The molecular weight excluding hydrogens is 339 g/mol. The van der Waals surface area contributed by atoms with Crippen molar-refractivity contribution >= 4 is 23.1 Å². The minimum Gasteiger partial charge on any atom is -0.340 e. The van der Waals surface area contributed by atoms with Crippen LogP contribution in [0.2, 0.25) is 0 Å². The molecule has 1 aromatic heterocycles. The van der Waals surface area contributed by atoms with Gasteiger partial charge in [-0.25, -0.2) is 4.98 Å². The van der Waals surface area contributed by atoms with Gasteiger partial charge in [-0.15, -0.1) is 0 Å². The molecule has 0 aliphatic heterocycles. The first-order chi connectivity index (χ1) is 12.7. The first kappa shape index (κ1) is 16.6. The highest BCUT2D eigenvalue weighted by Crippen LogP contribution is 2.42. The number of rotatable bonds is 4. The summed E-state index contributed by atoms with van der Waals surface area (Å²) in [4.78, 5) is 4.43. The lowest BCUT2D eigenvalue weighted by molar-refractivity contribution is 0.592. The lowest BCUT2D eigenvalue weighted by Crippen LogP contribution is -2.25. The van der Waals surface area contributed by atoms with Crippen molar-refractivity contribution in [2.45, 2.75) is 0 Å². The van der Waals surface area contributed by atoms with Gasteiger partial charge in [0.1, 0.15) is 0 Å². The van der Waals surface area contributed by atoms with Gasteiger partial charge in [-0.3, -0.25) is 0 Å². The van der Waals surface area contributed by atoms with E-state index in [0.717, 1.165) is 27.2 Å². The standard InChI is InChI=1S/C22H19N2OP/c1-24-16-22(23-17-24)18-9-8-14-21(15-18)26(25,19-10-4-2-5-11-19)20-12-6-3-7-13-20/h2-17H,1H3. The molecule has 0 atom stereocenters. The van der Waals surface area contributed by atoms with Gasteiger partial charge in [0.2, 0.25) is 0 Å². The average molecular weight is 358 g/mol. The normalized spacial score (nSPS) is 11.4. The Balaban J connectivity index is 1.92. The predicted molar refractivity (Wildman–Crippen MR) is 108 cm³/mol. The Labute approximate surface area is 153 Å². The van der Waals surface area contributed by atoms with Crippen molar-refractivity contribution in [3.63, 3.8) is 0 Å². The lowest BCUT2D eigenvalue weighted by atomic mass is 10.2. The fraction of sp³-hybridized carbons (Fsp3) is 0.0455. The van der Waals surface area contributed by atoms with Crippen LogP contribution in [0.25, 0.3) is 11.3 Å². The quantitative estimate of drug-likeness (QED) is 0.521. The first-order valence-corrected chi connectivity index (χ1v) is 10.2. The van der Waals surface area contributed by atoms with Crippen molar-refractivity contribution in [2.75, 3.05) is 0 Å². The van der Waals surface area contributed by atoms with Gasteiger partial charge in [0, 0.05) is 34.7 Å². The molecule has 0 bridgehead atoms. The van der Waals surface area contributed by atoms with Crippen molar-refractivity contribution in [1.82, 2.24) is 9.55 Å². The van der Waals surface area contributed by atoms with E-state index in [9.17, 15) is 4.57 Å². The van der Waals surface area contributed by atoms with Crippen molar-refractivity contribution < 1.29 is 4.57 Å². The predicted octanol–water partition coefficient (Wildman–Crippen LogP) is 3.73. The summed E-state index contributed by atoms with van der Waals surface area (Å²) in [7, 11) is -1.01. The van der Waals surface area contributed by atoms with Gasteiger partial charge in [-0.1, -0.05) is 78.9 Å². The minimum atomic E-state index is -2.95. The molecule has 0 aliphatic carbocycles. The van der Waals surface area contributed by atoms with Crippen LogP contribution >= 0.6 is 7.14 Å². The van der Waals surface area contributed by atoms with Crippen LogP contribution in [0.4, 0.5) is 0 Å². The molecular formula is C22H19N2OP. The van der Waals surface area contributed by atoms with E-state index in [0.29, 0.717) is 0 Å². The van der Waals surface area contributed by atoms with E-state index >= 15 is 0 Å². The van der Waals surface area contributed by atoms with Crippen LogP contribution in [0.1, 0.15) is 0 Å². The molecule has 0 radical (unpaired) electrons. The Hall–Kier alpha value is -2.90. The van der Waals surface area contributed by atoms with Gasteiger partial charge in [0.15, 0.2) is 7.14 Å². The molecule has 4 heteroatoms. The Morgan fingerprint density at radius 1 is 0.769 bits per heavy atom. The molecule has 3 nitrogen and oxygen atoms in total. The van der Waals surface area contributed by atoms with Gasteiger partial charge in [0.25, 0.3) is 0 Å². The molecule has 0 saturated carbocycles. The third-order valence-corrected chi connectivity index (χ3v) is 7.51. The molecule has 0 saturated heterocycles. The summed E-state index contributed by atoms with van der Waals surface area (Å²) < 4.78 is 16.3. The second-order valence-corrected chi connectivity index (χ2v) is 9.02. The molecule has 4 rings (SSSR count).